The van der Waals surface area contributed by atoms with Crippen molar-refractivity contribution < 1.29 is 19.1 Å². The topological polar surface area (TPSA) is 52.6 Å². The fourth-order valence-corrected chi connectivity index (χ4v) is 2.88. The number of hydrogen-bond donors (Lipinski definition) is 0. The second-order valence-corrected chi connectivity index (χ2v) is 6.37. The van der Waals surface area contributed by atoms with Crippen molar-refractivity contribution in [3.8, 4) is 0 Å². The van der Waals surface area contributed by atoms with E-state index in [1.807, 2.05) is 34.6 Å². The van der Waals surface area contributed by atoms with Crippen molar-refractivity contribution in [1.82, 2.24) is 0 Å². The quantitative estimate of drug-likeness (QED) is 0.587. The Hall–Kier alpha value is -1.06. The Labute approximate surface area is 122 Å². The molecule has 1 aliphatic rings. The first-order valence-electron chi connectivity index (χ1n) is 7.74. The molecule has 4 nitrogen and oxygen atoms in total. The van der Waals surface area contributed by atoms with Gasteiger partial charge in [0.2, 0.25) is 0 Å². The van der Waals surface area contributed by atoms with Crippen LogP contribution in [-0.2, 0) is 19.1 Å². The minimum absolute atomic E-state index is 0.150. The average molecular weight is 284 g/mol. The Bertz CT molecular complexity index is 335. The van der Waals surface area contributed by atoms with Gasteiger partial charge in [0.25, 0.3) is 0 Å². The molecule has 0 N–H and O–H groups in total. The highest BCUT2D eigenvalue weighted by atomic mass is 16.6. The van der Waals surface area contributed by atoms with Gasteiger partial charge in [-0.3, -0.25) is 9.59 Å². The van der Waals surface area contributed by atoms with Crippen LogP contribution in [0.4, 0.5) is 0 Å². The Morgan fingerprint density at radius 1 is 0.900 bits per heavy atom. The van der Waals surface area contributed by atoms with Crippen LogP contribution in [0.1, 0.15) is 60.3 Å². The van der Waals surface area contributed by atoms with Crippen LogP contribution in [0.3, 0.4) is 0 Å². The Morgan fingerprint density at radius 2 is 1.40 bits per heavy atom. The lowest BCUT2D eigenvalue weighted by atomic mass is 9.81. The van der Waals surface area contributed by atoms with Gasteiger partial charge in [-0.1, -0.05) is 19.8 Å². The zero-order valence-corrected chi connectivity index (χ0v) is 13.3. The van der Waals surface area contributed by atoms with E-state index in [0.29, 0.717) is 6.42 Å². The van der Waals surface area contributed by atoms with Crippen molar-refractivity contribution >= 4 is 11.9 Å². The summed E-state index contributed by atoms with van der Waals surface area (Å²) in [6.07, 6.45) is 3.39. The van der Waals surface area contributed by atoms with Crippen LogP contribution in [0.15, 0.2) is 0 Å². The van der Waals surface area contributed by atoms with Crippen molar-refractivity contribution in [2.45, 2.75) is 72.5 Å². The van der Waals surface area contributed by atoms with E-state index in [4.69, 9.17) is 9.47 Å². The summed E-state index contributed by atoms with van der Waals surface area (Å²) < 4.78 is 10.7. The van der Waals surface area contributed by atoms with E-state index in [1.54, 1.807) is 0 Å². The van der Waals surface area contributed by atoms with E-state index in [1.165, 1.54) is 0 Å². The van der Waals surface area contributed by atoms with Gasteiger partial charge < -0.3 is 9.47 Å². The summed E-state index contributed by atoms with van der Waals surface area (Å²) in [6.45, 7) is 9.37. The third-order valence-corrected chi connectivity index (χ3v) is 3.75. The molecule has 1 rings (SSSR count). The third-order valence-electron chi connectivity index (χ3n) is 3.75. The summed E-state index contributed by atoms with van der Waals surface area (Å²) in [7, 11) is 0. The third kappa shape index (κ3) is 4.80. The maximum atomic E-state index is 12.3. The fourth-order valence-electron chi connectivity index (χ4n) is 2.88. The van der Waals surface area contributed by atoms with Crippen LogP contribution >= 0.6 is 0 Å². The summed E-state index contributed by atoms with van der Waals surface area (Å²) in [4.78, 5) is 24.6. The number of ether oxygens (including phenoxy) is 2. The molecule has 1 fully saturated rings. The number of esters is 2. The van der Waals surface area contributed by atoms with Gasteiger partial charge in [0, 0.05) is 0 Å². The summed E-state index contributed by atoms with van der Waals surface area (Å²) in [5, 5.41) is 0. The first kappa shape index (κ1) is 17.0. The highest BCUT2D eigenvalue weighted by Crippen LogP contribution is 2.35. The zero-order chi connectivity index (χ0) is 15.3. The van der Waals surface area contributed by atoms with Crippen LogP contribution in [0.25, 0.3) is 0 Å². The maximum absolute atomic E-state index is 12.3. The standard InChI is InChI=1S/C16H28O4/c1-10(2)19-15(17)13-9-7-6-8-12(5)14(13)16(18)20-11(3)4/h10-14H,6-9H2,1-5H3. The van der Waals surface area contributed by atoms with Gasteiger partial charge in [0.15, 0.2) is 0 Å². The van der Waals surface area contributed by atoms with Crippen LogP contribution in [0.5, 0.6) is 0 Å². The van der Waals surface area contributed by atoms with Crippen molar-refractivity contribution in [1.29, 1.82) is 0 Å². The van der Waals surface area contributed by atoms with Crippen LogP contribution < -0.4 is 0 Å². The minimum atomic E-state index is -0.369. The normalized spacial score (nSPS) is 27.2. The molecule has 1 aliphatic carbocycles. The summed E-state index contributed by atoms with van der Waals surface area (Å²) >= 11 is 0. The smallest absolute Gasteiger partial charge is 0.310 e. The summed E-state index contributed by atoms with van der Waals surface area (Å²) in [6, 6.07) is 0. The van der Waals surface area contributed by atoms with Gasteiger partial charge >= 0.3 is 11.9 Å². The molecule has 3 unspecified atom stereocenters. The molecule has 0 heterocycles. The molecule has 0 aliphatic heterocycles. The predicted molar refractivity (Wildman–Crippen MR) is 77.1 cm³/mol. The molecule has 0 aromatic rings. The number of carbonyl (C=O) groups excluding carboxylic acids is 2. The van der Waals surface area contributed by atoms with Gasteiger partial charge in [0.05, 0.1) is 24.0 Å². The van der Waals surface area contributed by atoms with E-state index >= 15 is 0 Å². The van der Waals surface area contributed by atoms with E-state index in [9.17, 15) is 9.59 Å². The second-order valence-electron chi connectivity index (χ2n) is 6.37. The predicted octanol–water partition coefficient (Wildman–Crippen LogP) is 3.33. The molecule has 116 valence electrons. The molecular weight excluding hydrogens is 256 g/mol. The van der Waals surface area contributed by atoms with Crippen molar-refractivity contribution in [3.63, 3.8) is 0 Å². The number of rotatable bonds is 4. The molecular formula is C16H28O4. The first-order chi connectivity index (χ1) is 9.32. The molecule has 1 saturated carbocycles. The number of carbonyl (C=O) groups is 2. The lowest BCUT2D eigenvalue weighted by molar-refractivity contribution is -0.167. The van der Waals surface area contributed by atoms with Crippen molar-refractivity contribution in [3.05, 3.63) is 0 Å². The molecule has 0 amide bonds. The molecule has 0 radical (unpaired) electrons. The maximum Gasteiger partial charge on any atom is 0.310 e. The molecule has 4 heteroatoms. The summed E-state index contributed by atoms with van der Waals surface area (Å²) in [5.41, 5.74) is 0. The second kappa shape index (κ2) is 7.65. The lowest BCUT2D eigenvalue weighted by Crippen LogP contribution is -2.37. The molecule has 0 spiro atoms. The molecule has 20 heavy (non-hydrogen) atoms. The lowest BCUT2D eigenvalue weighted by Gasteiger charge is -2.27. The van der Waals surface area contributed by atoms with Crippen LogP contribution in [0.2, 0.25) is 0 Å². The van der Waals surface area contributed by atoms with Gasteiger partial charge in [-0.25, -0.2) is 0 Å². The van der Waals surface area contributed by atoms with E-state index in [-0.39, 0.29) is 41.9 Å². The van der Waals surface area contributed by atoms with E-state index in [2.05, 4.69) is 0 Å². The zero-order valence-electron chi connectivity index (χ0n) is 13.3. The van der Waals surface area contributed by atoms with Gasteiger partial charge in [-0.2, -0.15) is 0 Å². The molecule has 0 saturated heterocycles. The minimum Gasteiger partial charge on any atom is -0.463 e. The van der Waals surface area contributed by atoms with Crippen molar-refractivity contribution in [2.24, 2.45) is 17.8 Å². The SMILES string of the molecule is CC(C)OC(=O)C1CCCCC(C)C1C(=O)OC(C)C. The molecule has 0 aromatic heterocycles. The largest absolute Gasteiger partial charge is 0.463 e. The number of hydrogen-bond acceptors (Lipinski definition) is 4. The molecule has 3 atom stereocenters. The highest BCUT2D eigenvalue weighted by molar-refractivity contribution is 5.82. The molecule has 0 aromatic carbocycles. The van der Waals surface area contributed by atoms with Crippen LogP contribution in [0, 0.1) is 17.8 Å². The van der Waals surface area contributed by atoms with Gasteiger partial charge in [0.1, 0.15) is 0 Å². The molecule has 0 bridgehead atoms. The Balaban J connectivity index is 2.89. The van der Waals surface area contributed by atoms with Gasteiger partial charge in [-0.05, 0) is 46.5 Å². The monoisotopic (exact) mass is 284 g/mol. The van der Waals surface area contributed by atoms with E-state index < -0.39 is 0 Å². The fraction of sp³-hybridized carbons (Fsp3) is 0.875. The Kier molecular flexibility index (Phi) is 6.50. The van der Waals surface area contributed by atoms with Crippen molar-refractivity contribution in [2.75, 3.05) is 0 Å². The van der Waals surface area contributed by atoms with Gasteiger partial charge in [-0.15, -0.1) is 0 Å². The average Bonchev–Trinajstić information content (AvgIpc) is 2.48. The Morgan fingerprint density at radius 3 is 1.95 bits per heavy atom. The van der Waals surface area contributed by atoms with E-state index in [0.717, 1.165) is 19.3 Å². The highest BCUT2D eigenvalue weighted by Gasteiger charge is 2.41. The first-order valence-corrected chi connectivity index (χ1v) is 7.74. The summed E-state index contributed by atoms with van der Waals surface area (Å²) in [5.74, 6) is -1.07. The van der Waals surface area contributed by atoms with Crippen LogP contribution in [-0.4, -0.2) is 24.1 Å².